The van der Waals surface area contributed by atoms with Crippen molar-refractivity contribution in [2.75, 3.05) is 0 Å². The molecule has 0 N–H and O–H groups in total. The average molecular weight is 318 g/mol. The van der Waals surface area contributed by atoms with Gasteiger partial charge in [0.15, 0.2) is 0 Å². The summed E-state index contributed by atoms with van der Waals surface area (Å²) < 4.78 is 0. The number of rotatable bonds is 1. The molecule has 0 nitrogen and oxygen atoms in total. The molecule has 118 valence electrons. The van der Waals surface area contributed by atoms with Crippen molar-refractivity contribution in [3.63, 3.8) is 0 Å². The second kappa shape index (κ2) is 5.46. The standard InChI is InChI=1S/C25H18/c1-17-11-13-22-23-14-12-19(18-7-3-2-4-8-18)16-25(23)21-10-6-5-9-20(21)24(22)15-17/h2-16H,1H3. The number of aryl methyl sites for hydroxylation is 1. The van der Waals surface area contributed by atoms with Crippen LogP contribution in [-0.4, -0.2) is 0 Å². The smallest absolute Gasteiger partial charge is 0.00928 e. The molecule has 0 atom stereocenters. The zero-order chi connectivity index (χ0) is 16.8. The molecule has 0 aliphatic rings. The minimum Gasteiger partial charge on any atom is -0.0622 e. The van der Waals surface area contributed by atoms with Crippen molar-refractivity contribution in [2.24, 2.45) is 0 Å². The van der Waals surface area contributed by atoms with Crippen LogP contribution in [0.1, 0.15) is 5.56 Å². The van der Waals surface area contributed by atoms with Crippen LogP contribution in [0.4, 0.5) is 0 Å². The lowest BCUT2D eigenvalue weighted by Gasteiger charge is -2.12. The van der Waals surface area contributed by atoms with E-state index in [9.17, 15) is 0 Å². The zero-order valence-electron chi connectivity index (χ0n) is 14.2. The minimum absolute atomic E-state index is 1.26. The van der Waals surface area contributed by atoms with Gasteiger partial charge in [0.05, 0.1) is 0 Å². The van der Waals surface area contributed by atoms with Gasteiger partial charge in [0.1, 0.15) is 0 Å². The van der Waals surface area contributed by atoms with Crippen molar-refractivity contribution < 1.29 is 0 Å². The van der Waals surface area contributed by atoms with Gasteiger partial charge in [-0.15, -0.1) is 0 Å². The van der Waals surface area contributed by atoms with Crippen LogP contribution < -0.4 is 0 Å². The molecule has 0 aromatic heterocycles. The van der Waals surface area contributed by atoms with E-state index < -0.39 is 0 Å². The molecule has 0 aliphatic carbocycles. The highest BCUT2D eigenvalue weighted by atomic mass is 14.1. The molecule has 25 heavy (non-hydrogen) atoms. The summed E-state index contributed by atoms with van der Waals surface area (Å²) in [6.07, 6.45) is 0. The Bertz CT molecular complexity index is 1210. The fourth-order valence-electron chi connectivity index (χ4n) is 3.88. The SMILES string of the molecule is Cc1ccc2c3ccc(-c4ccccc4)cc3c3ccccc3c2c1. The summed E-state index contributed by atoms with van der Waals surface area (Å²) in [5.74, 6) is 0. The molecule has 0 bridgehead atoms. The quantitative estimate of drug-likeness (QED) is 0.289. The zero-order valence-corrected chi connectivity index (χ0v) is 14.2. The molecule has 0 radical (unpaired) electrons. The highest BCUT2D eigenvalue weighted by Crippen LogP contribution is 2.37. The second-order valence-corrected chi connectivity index (χ2v) is 6.72. The molecule has 0 amide bonds. The first-order valence-corrected chi connectivity index (χ1v) is 8.71. The van der Waals surface area contributed by atoms with Gasteiger partial charge in [-0.05, 0) is 56.4 Å². The summed E-state index contributed by atoms with van der Waals surface area (Å²) in [6, 6.07) is 33.0. The summed E-state index contributed by atoms with van der Waals surface area (Å²) in [4.78, 5) is 0. The van der Waals surface area contributed by atoms with Crippen LogP contribution in [-0.2, 0) is 0 Å². The van der Waals surface area contributed by atoms with Crippen molar-refractivity contribution in [1.82, 2.24) is 0 Å². The first kappa shape index (κ1) is 14.2. The van der Waals surface area contributed by atoms with E-state index in [-0.39, 0.29) is 0 Å². The Morgan fingerprint density at radius 1 is 0.400 bits per heavy atom. The van der Waals surface area contributed by atoms with E-state index >= 15 is 0 Å². The minimum atomic E-state index is 1.26. The molecule has 0 spiro atoms. The predicted molar refractivity (Wildman–Crippen MR) is 109 cm³/mol. The van der Waals surface area contributed by atoms with Gasteiger partial charge < -0.3 is 0 Å². The number of hydrogen-bond donors (Lipinski definition) is 0. The van der Waals surface area contributed by atoms with E-state index in [0.29, 0.717) is 0 Å². The summed E-state index contributed by atoms with van der Waals surface area (Å²) in [6.45, 7) is 2.16. The number of fused-ring (bicyclic) bond motifs is 6. The largest absolute Gasteiger partial charge is 0.0622 e. The van der Waals surface area contributed by atoms with Crippen LogP contribution >= 0.6 is 0 Å². The van der Waals surface area contributed by atoms with Crippen molar-refractivity contribution in [3.05, 3.63) is 96.6 Å². The molecule has 0 fully saturated rings. The molecular formula is C25H18. The third-order valence-corrected chi connectivity index (χ3v) is 5.10. The van der Waals surface area contributed by atoms with Gasteiger partial charge in [-0.3, -0.25) is 0 Å². The van der Waals surface area contributed by atoms with Gasteiger partial charge in [0.25, 0.3) is 0 Å². The Kier molecular flexibility index (Phi) is 3.11. The maximum atomic E-state index is 2.34. The Morgan fingerprint density at radius 2 is 0.960 bits per heavy atom. The normalized spacial score (nSPS) is 11.4. The number of hydrogen-bond acceptors (Lipinski definition) is 0. The molecular weight excluding hydrogens is 300 g/mol. The van der Waals surface area contributed by atoms with Gasteiger partial charge in [-0.25, -0.2) is 0 Å². The molecule has 5 rings (SSSR count). The Hall–Kier alpha value is -3.12. The van der Waals surface area contributed by atoms with Gasteiger partial charge in [0, 0.05) is 0 Å². The van der Waals surface area contributed by atoms with Gasteiger partial charge in [-0.2, -0.15) is 0 Å². The maximum absolute atomic E-state index is 2.34. The Morgan fingerprint density at radius 3 is 1.68 bits per heavy atom. The van der Waals surface area contributed by atoms with Crippen LogP contribution in [0.25, 0.3) is 43.4 Å². The average Bonchev–Trinajstić information content (AvgIpc) is 2.68. The van der Waals surface area contributed by atoms with E-state index in [1.165, 1.54) is 49.0 Å². The first-order chi connectivity index (χ1) is 12.3. The Labute approximate surface area is 147 Å². The third-order valence-electron chi connectivity index (χ3n) is 5.10. The van der Waals surface area contributed by atoms with E-state index in [1.807, 2.05) is 0 Å². The highest BCUT2D eigenvalue weighted by Gasteiger charge is 2.09. The fourth-order valence-corrected chi connectivity index (χ4v) is 3.88. The van der Waals surface area contributed by atoms with E-state index in [2.05, 4.69) is 97.9 Å². The van der Waals surface area contributed by atoms with Gasteiger partial charge in [0.2, 0.25) is 0 Å². The van der Waals surface area contributed by atoms with Gasteiger partial charge >= 0.3 is 0 Å². The molecule has 5 aromatic rings. The molecule has 5 aromatic carbocycles. The molecule has 0 aliphatic heterocycles. The maximum Gasteiger partial charge on any atom is -0.00928 e. The van der Waals surface area contributed by atoms with Gasteiger partial charge in [-0.1, -0.05) is 90.5 Å². The lowest BCUT2D eigenvalue weighted by molar-refractivity contribution is 1.51. The number of benzene rings is 5. The van der Waals surface area contributed by atoms with Crippen LogP contribution in [0.2, 0.25) is 0 Å². The summed E-state index contributed by atoms with van der Waals surface area (Å²) in [5, 5.41) is 7.99. The summed E-state index contributed by atoms with van der Waals surface area (Å²) in [7, 11) is 0. The highest BCUT2D eigenvalue weighted by molar-refractivity contribution is 6.25. The lowest BCUT2D eigenvalue weighted by Crippen LogP contribution is -1.85. The molecule has 0 saturated carbocycles. The first-order valence-electron chi connectivity index (χ1n) is 8.71. The second-order valence-electron chi connectivity index (χ2n) is 6.72. The molecule has 0 saturated heterocycles. The summed E-state index contributed by atoms with van der Waals surface area (Å²) >= 11 is 0. The molecule has 0 unspecified atom stereocenters. The predicted octanol–water partition coefficient (Wildman–Crippen LogP) is 7.12. The van der Waals surface area contributed by atoms with Crippen molar-refractivity contribution in [1.29, 1.82) is 0 Å². The van der Waals surface area contributed by atoms with Crippen molar-refractivity contribution in [3.8, 4) is 11.1 Å². The molecule has 0 heteroatoms. The van der Waals surface area contributed by atoms with Crippen molar-refractivity contribution >= 4 is 32.3 Å². The van der Waals surface area contributed by atoms with Crippen LogP contribution in [0.3, 0.4) is 0 Å². The monoisotopic (exact) mass is 318 g/mol. The van der Waals surface area contributed by atoms with E-state index in [4.69, 9.17) is 0 Å². The topological polar surface area (TPSA) is 0 Å². The molecule has 0 heterocycles. The van der Waals surface area contributed by atoms with Crippen LogP contribution in [0.15, 0.2) is 91.0 Å². The van der Waals surface area contributed by atoms with Crippen molar-refractivity contribution in [2.45, 2.75) is 6.92 Å². The van der Waals surface area contributed by atoms with E-state index in [0.717, 1.165) is 0 Å². The summed E-state index contributed by atoms with van der Waals surface area (Å²) in [5.41, 5.74) is 3.83. The van der Waals surface area contributed by atoms with Crippen LogP contribution in [0, 0.1) is 6.92 Å². The Balaban J connectivity index is 1.96. The van der Waals surface area contributed by atoms with Crippen LogP contribution in [0.5, 0.6) is 0 Å². The fraction of sp³-hybridized carbons (Fsp3) is 0.0400. The lowest BCUT2D eigenvalue weighted by atomic mass is 9.91. The van der Waals surface area contributed by atoms with E-state index in [1.54, 1.807) is 0 Å². The third kappa shape index (κ3) is 2.22.